The van der Waals surface area contributed by atoms with E-state index in [-0.39, 0.29) is 0 Å². The van der Waals surface area contributed by atoms with Gasteiger partial charge in [-0.1, -0.05) is 85.0 Å². The molecule has 0 aromatic rings. The highest BCUT2D eigenvalue weighted by Crippen LogP contribution is 2.14. The zero-order valence-corrected chi connectivity index (χ0v) is 13.7. The molecule has 0 heterocycles. The average molecular weight is 268 g/mol. The van der Waals surface area contributed by atoms with Crippen molar-refractivity contribution in [3.63, 3.8) is 0 Å². The number of carbonyl (C=O) groups is 1. The fourth-order valence-corrected chi connectivity index (χ4v) is 2.53. The maximum Gasteiger partial charge on any atom is 0.135 e. The van der Waals surface area contributed by atoms with Gasteiger partial charge >= 0.3 is 0 Å². The quantitative estimate of drug-likeness (QED) is 0.338. The second-order valence-corrected chi connectivity index (χ2v) is 6.09. The fraction of sp³-hybridized carbons (Fsp3) is 0.944. The van der Waals surface area contributed by atoms with Crippen LogP contribution in [0.1, 0.15) is 104 Å². The van der Waals surface area contributed by atoms with Crippen molar-refractivity contribution in [3.05, 3.63) is 0 Å². The van der Waals surface area contributed by atoms with Crippen LogP contribution in [-0.4, -0.2) is 5.78 Å². The summed E-state index contributed by atoms with van der Waals surface area (Å²) in [5.41, 5.74) is 0. The van der Waals surface area contributed by atoms with Crippen molar-refractivity contribution < 1.29 is 4.79 Å². The SMILES string of the molecule is CCCCCCCCCCCC(=O)C(C)CCCC. The topological polar surface area (TPSA) is 17.1 Å². The molecule has 0 aromatic carbocycles. The Morgan fingerprint density at radius 3 is 1.74 bits per heavy atom. The van der Waals surface area contributed by atoms with Gasteiger partial charge in [0.1, 0.15) is 5.78 Å². The molecule has 0 saturated heterocycles. The molecule has 1 heteroatoms. The molecule has 0 amide bonds. The average Bonchev–Trinajstić information content (AvgIpc) is 2.42. The van der Waals surface area contributed by atoms with Crippen LogP contribution in [-0.2, 0) is 4.79 Å². The summed E-state index contributed by atoms with van der Waals surface area (Å²) in [7, 11) is 0. The second kappa shape index (κ2) is 14.1. The van der Waals surface area contributed by atoms with Crippen molar-refractivity contribution in [1.29, 1.82) is 0 Å². The standard InChI is InChI=1S/C18H36O/c1-4-6-8-9-10-11-12-13-14-16-18(19)17(3)15-7-5-2/h17H,4-16H2,1-3H3. The van der Waals surface area contributed by atoms with Crippen molar-refractivity contribution in [1.82, 2.24) is 0 Å². The van der Waals surface area contributed by atoms with Gasteiger partial charge in [0.2, 0.25) is 0 Å². The van der Waals surface area contributed by atoms with Gasteiger partial charge in [-0.2, -0.15) is 0 Å². The zero-order chi connectivity index (χ0) is 14.3. The van der Waals surface area contributed by atoms with Crippen molar-refractivity contribution >= 4 is 5.78 Å². The second-order valence-electron chi connectivity index (χ2n) is 6.09. The van der Waals surface area contributed by atoms with Gasteiger partial charge in [-0.05, 0) is 12.8 Å². The predicted octanol–water partition coefficient (Wildman–Crippen LogP) is 6.30. The van der Waals surface area contributed by atoms with E-state index in [1.165, 1.54) is 64.2 Å². The molecule has 1 nitrogen and oxygen atoms in total. The molecule has 114 valence electrons. The number of Topliss-reactive ketones (excluding diaryl/α,β-unsaturated/α-hetero) is 1. The minimum atomic E-state index is 0.300. The summed E-state index contributed by atoms with van der Waals surface area (Å²) < 4.78 is 0. The number of hydrogen-bond donors (Lipinski definition) is 0. The Balaban J connectivity index is 3.27. The van der Waals surface area contributed by atoms with Gasteiger partial charge in [-0.25, -0.2) is 0 Å². The molecule has 0 aliphatic carbocycles. The molecule has 19 heavy (non-hydrogen) atoms. The molecule has 0 aliphatic heterocycles. The summed E-state index contributed by atoms with van der Waals surface area (Å²) in [6.45, 7) is 6.56. The molecule has 0 saturated carbocycles. The van der Waals surface area contributed by atoms with Gasteiger partial charge in [-0.15, -0.1) is 0 Å². The van der Waals surface area contributed by atoms with Gasteiger partial charge in [0.25, 0.3) is 0 Å². The molecule has 0 fully saturated rings. The van der Waals surface area contributed by atoms with E-state index in [1.807, 2.05) is 0 Å². The Morgan fingerprint density at radius 1 is 0.737 bits per heavy atom. The summed E-state index contributed by atoms with van der Waals surface area (Å²) in [6.07, 6.45) is 16.3. The van der Waals surface area contributed by atoms with Crippen LogP contribution in [0, 0.1) is 5.92 Å². The lowest BCUT2D eigenvalue weighted by Crippen LogP contribution is -2.10. The normalized spacial score (nSPS) is 12.6. The van der Waals surface area contributed by atoms with E-state index in [2.05, 4.69) is 20.8 Å². The molecule has 0 rings (SSSR count). The Labute approximate surface area is 121 Å². The first-order chi connectivity index (χ1) is 9.22. The molecule has 0 aromatic heterocycles. The van der Waals surface area contributed by atoms with E-state index in [0.717, 1.165) is 19.3 Å². The summed E-state index contributed by atoms with van der Waals surface area (Å²) in [5.74, 6) is 0.797. The third-order valence-electron chi connectivity index (χ3n) is 4.07. The summed E-state index contributed by atoms with van der Waals surface area (Å²) in [6, 6.07) is 0. The molecule has 0 aliphatic rings. The van der Waals surface area contributed by atoms with Crippen LogP contribution >= 0.6 is 0 Å². The predicted molar refractivity (Wildman–Crippen MR) is 85.5 cm³/mol. The van der Waals surface area contributed by atoms with Crippen LogP contribution in [0.3, 0.4) is 0 Å². The lowest BCUT2D eigenvalue weighted by molar-refractivity contribution is -0.122. The maximum absolute atomic E-state index is 11.9. The van der Waals surface area contributed by atoms with E-state index in [1.54, 1.807) is 0 Å². The molecular weight excluding hydrogens is 232 g/mol. The van der Waals surface area contributed by atoms with Crippen LogP contribution in [0.5, 0.6) is 0 Å². The smallest absolute Gasteiger partial charge is 0.135 e. The van der Waals surface area contributed by atoms with Crippen LogP contribution in [0.4, 0.5) is 0 Å². The van der Waals surface area contributed by atoms with E-state index < -0.39 is 0 Å². The number of hydrogen-bond acceptors (Lipinski definition) is 1. The molecule has 1 unspecified atom stereocenters. The third kappa shape index (κ3) is 12.4. The van der Waals surface area contributed by atoms with Gasteiger partial charge in [0.15, 0.2) is 0 Å². The van der Waals surface area contributed by atoms with E-state index in [4.69, 9.17) is 0 Å². The summed E-state index contributed by atoms with van der Waals surface area (Å²) in [5, 5.41) is 0. The molecule has 0 spiro atoms. The lowest BCUT2D eigenvalue weighted by Gasteiger charge is -2.09. The van der Waals surface area contributed by atoms with Crippen LogP contribution in [0.2, 0.25) is 0 Å². The highest BCUT2D eigenvalue weighted by atomic mass is 16.1. The molecule has 0 N–H and O–H groups in total. The summed E-state index contributed by atoms with van der Waals surface area (Å²) in [4.78, 5) is 11.9. The first-order valence-electron chi connectivity index (χ1n) is 8.75. The van der Waals surface area contributed by atoms with Gasteiger partial charge < -0.3 is 0 Å². The number of rotatable bonds is 14. The minimum absolute atomic E-state index is 0.300. The van der Waals surface area contributed by atoms with Gasteiger partial charge in [0.05, 0.1) is 0 Å². The largest absolute Gasteiger partial charge is 0.299 e. The van der Waals surface area contributed by atoms with Crippen LogP contribution < -0.4 is 0 Å². The first kappa shape index (κ1) is 18.7. The van der Waals surface area contributed by atoms with Crippen molar-refractivity contribution in [2.24, 2.45) is 5.92 Å². The van der Waals surface area contributed by atoms with Gasteiger partial charge in [-0.3, -0.25) is 4.79 Å². The number of unbranched alkanes of at least 4 members (excludes halogenated alkanes) is 9. The Kier molecular flexibility index (Phi) is 13.8. The highest BCUT2D eigenvalue weighted by Gasteiger charge is 2.11. The monoisotopic (exact) mass is 268 g/mol. The zero-order valence-electron chi connectivity index (χ0n) is 13.7. The summed E-state index contributed by atoms with van der Waals surface area (Å²) >= 11 is 0. The van der Waals surface area contributed by atoms with E-state index >= 15 is 0 Å². The first-order valence-corrected chi connectivity index (χ1v) is 8.75. The van der Waals surface area contributed by atoms with Crippen molar-refractivity contribution in [2.45, 2.75) is 104 Å². The molecule has 1 atom stereocenters. The Hall–Kier alpha value is -0.330. The maximum atomic E-state index is 11.9. The number of ketones is 1. The Morgan fingerprint density at radius 2 is 1.21 bits per heavy atom. The third-order valence-corrected chi connectivity index (χ3v) is 4.07. The number of carbonyl (C=O) groups excluding carboxylic acids is 1. The van der Waals surface area contributed by atoms with E-state index in [0.29, 0.717) is 11.7 Å². The Bertz CT molecular complexity index is 198. The molecule has 0 radical (unpaired) electrons. The van der Waals surface area contributed by atoms with Gasteiger partial charge in [0, 0.05) is 12.3 Å². The van der Waals surface area contributed by atoms with Crippen LogP contribution in [0.25, 0.3) is 0 Å². The highest BCUT2D eigenvalue weighted by molar-refractivity contribution is 5.80. The van der Waals surface area contributed by atoms with Crippen molar-refractivity contribution in [2.75, 3.05) is 0 Å². The van der Waals surface area contributed by atoms with E-state index in [9.17, 15) is 4.79 Å². The lowest BCUT2D eigenvalue weighted by atomic mass is 9.95. The fourth-order valence-electron chi connectivity index (χ4n) is 2.53. The molecule has 0 bridgehead atoms. The minimum Gasteiger partial charge on any atom is -0.299 e. The molecular formula is C18H36O. The van der Waals surface area contributed by atoms with Crippen LogP contribution in [0.15, 0.2) is 0 Å². The van der Waals surface area contributed by atoms with Crippen molar-refractivity contribution in [3.8, 4) is 0 Å².